The van der Waals surface area contributed by atoms with Crippen LogP contribution in [0.2, 0.25) is 0 Å². The lowest BCUT2D eigenvalue weighted by Gasteiger charge is -2.02. The fourth-order valence-electron chi connectivity index (χ4n) is 2.15. The van der Waals surface area contributed by atoms with Crippen molar-refractivity contribution >= 4 is 27.9 Å². The van der Waals surface area contributed by atoms with E-state index in [1.165, 1.54) is 0 Å². The average Bonchev–Trinajstić information content (AvgIpc) is 2.77. The number of carbonyl (C=O) groups excluding carboxylic acids is 1. The van der Waals surface area contributed by atoms with Crippen molar-refractivity contribution < 1.29 is 13.9 Å². The van der Waals surface area contributed by atoms with Gasteiger partial charge in [0.05, 0.1) is 12.2 Å². The summed E-state index contributed by atoms with van der Waals surface area (Å²) in [6.07, 6.45) is 0. The van der Waals surface area contributed by atoms with Gasteiger partial charge in [-0.2, -0.15) is 0 Å². The monoisotopic (exact) mass is 240 g/mol. The Balaban J connectivity index is 2.35. The van der Waals surface area contributed by atoms with E-state index in [0.717, 1.165) is 16.4 Å². The topological polar surface area (TPSA) is 39.4 Å². The number of esters is 1. The highest BCUT2D eigenvalue weighted by molar-refractivity contribution is 6.15. The van der Waals surface area contributed by atoms with Crippen molar-refractivity contribution in [3.05, 3.63) is 48.0 Å². The number of hydrogen-bond acceptors (Lipinski definition) is 3. The highest BCUT2D eigenvalue weighted by atomic mass is 16.5. The minimum Gasteiger partial charge on any atom is -0.462 e. The van der Waals surface area contributed by atoms with E-state index in [4.69, 9.17) is 9.15 Å². The van der Waals surface area contributed by atoms with Gasteiger partial charge >= 0.3 is 5.97 Å². The van der Waals surface area contributed by atoms with Gasteiger partial charge in [0.25, 0.3) is 0 Å². The molecule has 0 radical (unpaired) electrons. The third-order valence-corrected chi connectivity index (χ3v) is 2.90. The molecular formula is C15H12O3. The lowest BCUT2D eigenvalue weighted by atomic mass is 10.1. The molecule has 0 saturated carbocycles. The normalized spacial score (nSPS) is 10.9. The number of hydrogen-bond donors (Lipinski definition) is 0. The first kappa shape index (κ1) is 10.8. The Morgan fingerprint density at radius 3 is 2.72 bits per heavy atom. The average molecular weight is 240 g/mol. The summed E-state index contributed by atoms with van der Waals surface area (Å²) in [5.41, 5.74) is 2.05. The van der Waals surface area contributed by atoms with Crippen molar-refractivity contribution in [2.24, 2.45) is 0 Å². The van der Waals surface area contributed by atoms with Gasteiger partial charge in [-0.3, -0.25) is 0 Å². The molecule has 0 aliphatic rings. The van der Waals surface area contributed by atoms with Gasteiger partial charge in [0.1, 0.15) is 11.2 Å². The molecule has 0 unspecified atom stereocenters. The molecule has 0 saturated heterocycles. The number of ether oxygens (including phenoxy) is 1. The van der Waals surface area contributed by atoms with E-state index in [2.05, 4.69) is 0 Å². The maximum Gasteiger partial charge on any atom is 0.338 e. The van der Waals surface area contributed by atoms with Crippen LogP contribution >= 0.6 is 0 Å². The summed E-state index contributed by atoms with van der Waals surface area (Å²) < 4.78 is 10.8. The molecule has 0 bridgehead atoms. The molecule has 3 rings (SSSR count). The van der Waals surface area contributed by atoms with E-state index in [9.17, 15) is 4.79 Å². The molecule has 1 aromatic heterocycles. The SMILES string of the molecule is CCOC(=O)c1cccc2oc3ccccc3c12. The van der Waals surface area contributed by atoms with E-state index in [1.807, 2.05) is 30.3 Å². The highest BCUT2D eigenvalue weighted by Gasteiger charge is 2.16. The van der Waals surface area contributed by atoms with Crippen LogP contribution in [0.3, 0.4) is 0 Å². The Morgan fingerprint density at radius 1 is 1.11 bits per heavy atom. The summed E-state index contributed by atoms with van der Waals surface area (Å²) in [7, 11) is 0. The second kappa shape index (κ2) is 4.18. The van der Waals surface area contributed by atoms with Crippen molar-refractivity contribution in [3.63, 3.8) is 0 Å². The second-order valence-corrected chi connectivity index (χ2v) is 4.00. The van der Waals surface area contributed by atoms with Gasteiger partial charge in [-0.15, -0.1) is 0 Å². The van der Waals surface area contributed by atoms with Gasteiger partial charge in [0.2, 0.25) is 0 Å². The van der Waals surface area contributed by atoms with Crippen molar-refractivity contribution in [3.8, 4) is 0 Å². The zero-order valence-corrected chi connectivity index (χ0v) is 9.97. The van der Waals surface area contributed by atoms with Crippen LogP contribution in [-0.4, -0.2) is 12.6 Å². The number of para-hydroxylation sites is 1. The van der Waals surface area contributed by atoms with Crippen LogP contribution in [0, 0.1) is 0 Å². The molecule has 0 aliphatic carbocycles. The van der Waals surface area contributed by atoms with Crippen molar-refractivity contribution in [2.75, 3.05) is 6.61 Å². The second-order valence-electron chi connectivity index (χ2n) is 4.00. The van der Waals surface area contributed by atoms with Crippen LogP contribution in [0.25, 0.3) is 21.9 Å². The first-order chi connectivity index (χ1) is 8.81. The standard InChI is InChI=1S/C15H12O3/c1-2-17-15(16)11-7-5-9-13-14(11)10-6-3-4-8-12(10)18-13/h3-9H,2H2,1H3. The molecular weight excluding hydrogens is 228 g/mol. The fraction of sp³-hybridized carbons (Fsp3) is 0.133. The molecule has 0 amide bonds. The first-order valence-electron chi connectivity index (χ1n) is 5.88. The van der Waals surface area contributed by atoms with Gasteiger partial charge in [0.15, 0.2) is 0 Å². The first-order valence-corrected chi connectivity index (χ1v) is 5.88. The number of carbonyl (C=O) groups is 1. The van der Waals surface area contributed by atoms with Crippen LogP contribution in [-0.2, 0) is 4.74 Å². The Hall–Kier alpha value is -2.29. The maximum absolute atomic E-state index is 11.9. The van der Waals surface area contributed by atoms with Crippen molar-refractivity contribution in [1.29, 1.82) is 0 Å². The summed E-state index contributed by atoms with van der Waals surface area (Å²) in [6.45, 7) is 2.16. The van der Waals surface area contributed by atoms with Gasteiger partial charge < -0.3 is 9.15 Å². The van der Waals surface area contributed by atoms with Crippen LogP contribution < -0.4 is 0 Å². The number of benzene rings is 2. The van der Waals surface area contributed by atoms with Gasteiger partial charge in [-0.1, -0.05) is 24.3 Å². The molecule has 18 heavy (non-hydrogen) atoms. The molecule has 1 heterocycles. The summed E-state index contributed by atoms with van der Waals surface area (Å²) in [4.78, 5) is 11.9. The zero-order chi connectivity index (χ0) is 12.5. The Labute approximate surface area is 104 Å². The molecule has 0 fully saturated rings. The van der Waals surface area contributed by atoms with Gasteiger partial charge in [0, 0.05) is 10.8 Å². The van der Waals surface area contributed by atoms with E-state index >= 15 is 0 Å². The third-order valence-electron chi connectivity index (χ3n) is 2.90. The summed E-state index contributed by atoms with van der Waals surface area (Å²) in [5.74, 6) is -0.311. The van der Waals surface area contributed by atoms with E-state index in [-0.39, 0.29) is 5.97 Å². The molecule has 2 aromatic carbocycles. The smallest absolute Gasteiger partial charge is 0.338 e. The summed E-state index contributed by atoms with van der Waals surface area (Å²) >= 11 is 0. The van der Waals surface area contributed by atoms with Crippen LogP contribution in [0.5, 0.6) is 0 Å². The lowest BCUT2D eigenvalue weighted by molar-refractivity contribution is 0.0528. The third kappa shape index (κ3) is 1.56. The summed E-state index contributed by atoms with van der Waals surface area (Å²) in [5, 5.41) is 1.77. The maximum atomic E-state index is 11.9. The number of fused-ring (bicyclic) bond motifs is 3. The lowest BCUT2D eigenvalue weighted by Crippen LogP contribution is -2.04. The number of furan rings is 1. The van der Waals surface area contributed by atoms with E-state index < -0.39 is 0 Å². The van der Waals surface area contributed by atoms with E-state index in [0.29, 0.717) is 17.8 Å². The highest BCUT2D eigenvalue weighted by Crippen LogP contribution is 2.31. The van der Waals surface area contributed by atoms with Crippen molar-refractivity contribution in [2.45, 2.75) is 6.92 Å². The van der Waals surface area contributed by atoms with Gasteiger partial charge in [-0.05, 0) is 25.1 Å². The molecule has 0 spiro atoms. The largest absolute Gasteiger partial charge is 0.462 e. The van der Waals surface area contributed by atoms with Crippen LogP contribution in [0.4, 0.5) is 0 Å². The molecule has 0 aliphatic heterocycles. The minimum atomic E-state index is -0.311. The number of rotatable bonds is 2. The van der Waals surface area contributed by atoms with Crippen LogP contribution in [0.15, 0.2) is 46.9 Å². The molecule has 90 valence electrons. The van der Waals surface area contributed by atoms with E-state index in [1.54, 1.807) is 19.1 Å². The zero-order valence-electron chi connectivity index (χ0n) is 9.97. The molecule has 3 nitrogen and oxygen atoms in total. The van der Waals surface area contributed by atoms with Gasteiger partial charge in [-0.25, -0.2) is 4.79 Å². The predicted molar refractivity (Wildman–Crippen MR) is 69.7 cm³/mol. The quantitative estimate of drug-likeness (QED) is 0.640. The molecule has 3 aromatic rings. The summed E-state index contributed by atoms with van der Waals surface area (Å²) in [6, 6.07) is 13.1. The Bertz CT molecular complexity index is 725. The van der Waals surface area contributed by atoms with Crippen LogP contribution in [0.1, 0.15) is 17.3 Å². The fourth-order valence-corrected chi connectivity index (χ4v) is 2.15. The predicted octanol–water partition coefficient (Wildman–Crippen LogP) is 3.76. The molecule has 0 atom stereocenters. The minimum absolute atomic E-state index is 0.311. The Kier molecular flexibility index (Phi) is 2.52. The van der Waals surface area contributed by atoms with Crippen molar-refractivity contribution in [1.82, 2.24) is 0 Å². The Morgan fingerprint density at radius 2 is 1.89 bits per heavy atom. The molecule has 3 heteroatoms. The molecule has 0 N–H and O–H groups in total.